The Morgan fingerprint density at radius 1 is 1.19 bits per heavy atom. The van der Waals surface area contributed by atoms with Gasteiger partial charge < -0.3 is 10.2 Å². The minimum absolute atomic E-state index is 0.149. The predicted molar refractivity (Wildman–Crippen MR) is 136 cm³/mol. The lowest BCUT2D eigenvalue weighted by Gasteiger charge is -2.38. The summed E-state index contributed by atoms with van der Waals surface area (Å²) in [7, 11) is 0. The quantitative estimate of drug-likeness (QED) is 0.348. The lowest BCUT2D eigenvalue weighted by atomic mass is 9.67. The van der Waals surface area contributed by atoms with Crippen LogP contribution in [-0.4, -0.2) is 22.4 Å². The molecule has 0 aliphatic heterocycles. The van der Waals surface area contributed by atoms with Gasteiger partial charge in [-0.25, -0.2) is 0 Å². The lowest BCUT2D eigenvalue weighted by Crippen LogP contribution is -2.31. The molecule has 0 unspecified atom stereocenters. The van der Waals surface area contributed by atoms with E-state index in [1.165, 1.54) is 31.3 Å². The standard InChI is InChI=1S/C30H50O2/c1-9-10-23(17-25(19-31)30-18-24(30)14-13-22(30)4)27-16-15-26(28(27,5)6)20(2)11-12-21(3)29(7,8)32/h11-12,17,20-21,24-27,31-32H,4,9-10,13-16,18-19H2,1-3,5-8H3/b12-11+,23-17+/t20-,21+,24-,25+,26-,27+,30+/m1/s1. The van der Waals surface area contributed by atoms with Gasteiger partial charge in [0.05, 0.1) is 12.2 Å². The molecule has 0 bridgehead atoms. The second-order valence-corrected chi connectivity index (χ2v) is 12.6. The van der Waals surface area contributed by atoms with Gasteiger partial charge in [0.2, 0.25) is 0 Å². The van der Waals surface area contributed by atoms with E-state index in [0.717, 1.165) is 25.2 Å². The number of aliphatic hydroxyl groups is 2. The molecule has 3 rings (SSSR count). The van der Waals surface area contributed by atoms with E-state index in [9.17, 15) is 10.2 Å². The van der Waals surface area contributed by atoms with Crippen molar-refractivity contribution in [3.63, 3.8) is 0 Å². The van der Waals surface area contributed by atoms with E-state index in [-0.39, 0.29) is 29.3 Å². The molecule has 2 N–H and O–H groups in total. The summed E-state index contributed by atoms with van der Waals surface area (Å²) in [6.45, 7) is 20.2. The predicted octanol–water partition coefficient (Wildman–Crippen LogP) is 7.33. The zero-order chi connectivity index (χ0) is 23.9. The zero-order valence-corrected chi connectivity index (χ0v) is 22.0. The molecular weight excluding hydrogens is 392 g/mol. The first-order valence-electron chi connectivity index (χ1n) is 13.3. The van der Waals surface area contributed by atoms with Crippen LogP contribution in [0.25, 0.3) is 0 Å². The third-order valence-corrected chi connectivity index (χ3v) is 9.94. The fraction of sp³-hybridized carbons (Fsp3) is 0.800. The van der Waals surface area contributed by atoms with Gasteiger partial charge in [-0.05, 0) is 81.5 Å². The molecule has 3 aliphatic carbocycles. The summed E-state index contributed by atoms with van der Waals surface area (Å²) in [6, 6.07) is 0. The third-order valence-electron chi connectivity index (χ3n) is 9.94. The number of fused-ring (bicyclic) bond motifs is 1. The minimum Gasteiger partial charge on any atom is -0.396 e. The van der Waals surface area contributed by atoms with Crippen molar-refractivity contribution in [3.05, 3.63) is 36.0 Å². The Kier molecular flexibility index (Phi) is 7.58. The molecule has 2 nitrogen and oxygen atoms in total. The largest absolute Gasteiger partial charge is 0.396 e. The lowest BCUT2D eigenvalue weighted by molar-refractivity contribution is 0.0437. The SMILES string of the molecule is C=C1CC[C@@H]2C[C@]12[C@@H](/C=C(\CCC)[C@@H]1CC[C@H]([C@H](C)/C=C/[C@H](C)C(C)(C)O)C1(C)C)CO. The van der Waals surface area contributed by atoms with Crippen molar-refractivity contribution in [3.8, 4) is 0 Å². The Balaban J connectivity index is 1.80. The summed E-state index contributed by atoms with van der Waals surface area (Å²) in [5, 5.41) is 20.7. The van der Waals surface area contributed by atoms with E-state index >= 15 is 0 Å². The molecular formula is C30H50O2. The number of hydrogen-bond acceptors (Lipinski definition) is 2. The molecule has 3 saturated carbocycles. The molecule has 0 aromatic carbocycles. The van der Waals surface area contributed by atoms with Crippen molar-refractivity contribution < 1.29 is 10.2 Å². The smallest absolute Gasteiger partial charge is 0.0651 e. The van der Waals surface area contributed by atoms with Gasteiger partial charge in [0.15, 0.2) is 0 Å². The van der Waals surface area contributed by atoms with Gasteiger partial charge in [0.25, 0.3) is 0 Å². The Labute approximate surface area is 198 Å². The molecule has 3 fully saturated rings. The first-order valence-corrected chi connectivity index (χ1v) is 13.3. The molecule has 0 aromatic rings. The second kappa shape index (κ2) is 9.41. The Morgan fingerprint density at radius 3 is 2.38 bits per heavy atom. The monoisotopic (exact) mass is 442 g/mol. The topological polar surface area (TPSA) is 40.5 Å². The highest BCUT2D eigenvalue weighted by Crippen LogP contribution is 2.70. The van der Waals surface area contributed by atoms with Crippen LogP contribution in [0, 0.1) is 46.3 Å². The molecule has 0 spiro atoms. The van der Waals surface area contributed by atoms with Crippen LogP contribution in [0.5, 0.6) is 0 Å². The number of allylic oxidation sites excluding steroid dienone is 3. The van der Waals surface area contributed by atoms with Gasteiger partial charge in [0.1, 0.15) is 0 Å². The Bertz CT molecular complexity index is 736. The maximum absolute atomic E-state index is 10.4. The zero-order valence-electron chi connectivity index (χ0n) is 22.0. The molecule has 2 heteroatoms. The molecule has 0 saturated heterocycles. The first-order chi connectivity index (χ1) is 14.9. The van der Waals surface area contributed by atoms with Gasteiger partial charge in [-0.1, -0.05) is 77.0 Å². The molecule has 7 atom stereocenters. The van der Waals surface area contributed by atoms with E-state index in [2.05, 4.69) is 59.4 Å². The Morgan fingerprint density at radius 2 is 1.88 bits per heavy atom. The van der Waals surface area contributed by atoms with Crippen LogP contribution in [0.15, 0.2) is 36.0 Å². The van der Waals surface area contributed by atoms with Crippen molar-refractivity contribution in [2.24, 2.45) is 46.3 Å². The molecule has 182 valence electrons. The average Bonchev–Trinajstić information content (AvgIpc) is 3.24. The fourth-order valence-corrected chi connectivity index (χ4v) is 7.39. The van der Waals surface area contributed by atoms with Crippen LogP contribution in [-0.2, 0) is 0 Å². The van der Waals surface area contributed by atoms with Crippen LogP contribution < -0.4 is 0 Å². The summed E-state index contributed by atoms with van der Waals surface area (Å²) in [5.74, 6) is 2.89. The fourth-order valence-electron chi connectivity index (χ4n) is 7.39. The van der Waals surface area contributed by atoms with Crippen LogP contribution >= 0.6 is 0 Å². The summed E-state index contributed by atoms with van der Waals surface area (Å²) in [5.41, 5.74) is 2.76. The summed E-state index contributed by atoms with van der Waals surface area (Å²) in [4.78, 5) is 0. The molecule has 0 aromatic heterocycles. The Hall–Kier alpha value is -0.860. The highest BCUT2D eigenvalue weighted by molar-refractivity contribution is 5.33. The van der Waals surface area contributed by atoms with Crippen LogP contribution in [0.2, 0.25) is 0 Å². The van der Waals surface area contributed by atoms with E-state index in [1.807, 2.05) is 13.8 Å². The van der Waals surface area contributed by atoms with Crippen molar-refractivity contribution >= 4 is 0 Å². The third kappa shape index (κ3) is 4.69. The van der Waals surface area contributed by atoms with Gasteiger partial charge >= 0.3 is 0 Å². The molecule has 0 heterocycles. The van der Waals surface area contributed by atoms with E-state index in [4.69, 9.17) is 0 Å². The molecule has 32 heavy (non-hydrogen) atoms. The minimum atomic E-state index is -0.676. The summed E-state index contributed by atoms with van der Waals surface area (Å²) in [6.07, 6.45) is 15.6. The number of hydrogen-bond donors (Lipinski definition) is 2. The van der Waals surface area contributed by atoms with Gasteiger partial charge in [-0.3, -0.25) is 0 Å². The van der Waals surface area contributed by atoms with E-state index in [1.54, 1.807) is 5.57 Å². The first kappa shape index (κ1) is 25.8. The van der Waals surface area contributed by atoms with Gasteiger partial charge in [-0.2, -0.15) is 0 Å². The van der Waals surface area contributed by atoms with Crippen LogP contribution in [0.1, 0.15) is 93.4 Å². The number of rotatable bonds is 10. The normalized spacial score (nSPS) is 35.2. The molecule has 0 amide bonds. The van der Waals surface area contributed by atoms with Crippen LogP contribution in [0.3, 0.4) is 0 Å². The van der Waals surface area contributed by atoms with Crippen molar-refractivity contribution in [1.82, 2.24) is 0 Å². The molecule has 3 aliphatic rings. The van der Waals surface area contributed by atoms with Crippen molar-refractivity contribution in [1.29, 1.82) is 0 Å². The number of aliphatic hydroxyl groups excluding tert-OH is 1. The maximum Gasteiger partial charge on any atom is 0.0651 e. The summed E-state index contributed by atoms with van der Waals surface area (Å²) >= 11 is 0. The van der Waals surface area contributed by atoms with E-state index < -0.39 is 5.60 Å². The highest BCUT2D eigenvalue weighted by Gasteiger charge is 2.62. The van der Waals surface area contributed by atoms with Gasteiger partial charge in [0, 0.05) is 17.3 Å². The van der Waals surface area contributed by atoms with Crippen LogP contribution in [0.4, 0.5) is 0 Å². The van der Waals surface area contributed by atoms with E-state index in [0.29, 0.717) is 17.8 Å². The van der Waals surface area contributed by atoms with Gasteiger partial charge in [-0.15, -0.1) is 0 Å². The summed E-state index contributed by atoms with van der Waals surface area (Å²) < 4.78 is 0. The molecule has 0 radical (unpaired) electrons. The average molecular weight is 443 g/mol. The second-order valence-electron chi connectivity index (χ2n) is 12.6. The van der Waals surface area contributed by atoms with Crippen molar-refractivity contribution in [2.45, 2.75) is 99.0 Å². The van der Waals surface area contributed by atoms with Crippen molar-refractivity contribution in [2.75, 3.05) is 6.61 Å². The highest BCUT2D eigenvalue weighted by atomic mass is 16.3. The maximum atomic E-state index is 10.4.